The van der Waals surface area contributed by atoms with Crippen molar-refractivity contribution in [2.24, 2.45) is 0 Å². The summed E-state index contributed by atoms with van der Waals surface area (Å²) in [6.45, 7) is 1.79. The fourth-order valence-corrected chi connectivity index (χ4v) is 4.32. The van der Waals surface area contributed by atoms with Gasteiger partial charge in [-0.05, 0) is 46.9 Å². The van der Waals surface area contributed by atoms with Gasteiger partial charge in [0.05, 0.1) is 16.8 Å². The van der Waals surface area contributed by atoms with Crippen LogP contribution >= 0.6 is 0 Å². The Morgan fingerprint density at radius 2 is 1.47 bits per heavy atom. The van der Waals surface area contributed by atoms with Gasteiger partial charge >= 0.3 is 5.97 Å². The highest BCUT2D eigenvalue weighted by molar-refractivity contribution is 7.89. The smallest absolute Gasteiger partial charge is 0.337 e. The normalized spacial score (nSPS) is 11.7. The molecule has 4 aromatic rings. The molecule has 0 amide bonds. The number of aryl methyl sites for hydroxylation is 1. The van der Waals surface area contributed by atoms with Crippen LogP contribution < -0.4 is 0 Å². The molecule has 30 heavy (non-hydrogen) atoms. The lowest BCUT2D eigenvalue weighted by Crippen LogP contribution is -2.00. The molecule has 0 saturated carbocycles. The second-order valence-corrected chi connectivity index (χ2v) is 9.53. The fourth-order valence-electron chi connectivity index (χ4n) is 3.52. The molecule has 1 aromatic heterocycles. The number of H-pyrrole nitrogens is 1. The van der Waals surface area contributed by atoms with Crippen LogP contribution in [-0.2, 0) is 15.6 Å². The average Bonchev–Trinajstić information content (AvgIpc) is 3.06. The number of sulfone groups is 1. The Hall–Kier alpha value is -3.45. The summed E-state index contributed by atoms with van der Waals surface area (Å²) >= 11 is 0. The van der Waals surface area contributed by atoms with Crippen molar-refractivity contribution in [3.05, 3.63) is 77.6 Å². The maximum absolute atomic E-state index is 11.7. The van der Waals surface area contributed by atoms with Crippen LogP contribution in [0.2, 0.25) is 0 Å². The van der Waals surface area contributed by atoms with Gasteiger partial charge in [0.25, 0.3) is 0 Å². The van der Waals surface area contributed by atoms with Crippen molar-refractivity contribution in [1.29, 1.82) is 0 Å². The number of hydrogen-bond acceptors (Lipinski definition) is 4. The van der Waals surface area contributed by atoms with Crippen LogP contribution in [0.15, 0.2) is 60.7 Å². The van der Waals surface area contributed by atoms with Gasteiger partial charge < -0.3 is 10.1 Å². The van der Waals surface area contributed by atoms with E-state index in [0.717, 1.165) is 27.8 Å². The van der Waals surface area contributed by atoms with E-state index in [9.17, 15) is 18.3 Å². The molecule has 0 spiro atoms. The Morgan fingerprint density at radius 3 is 2.00 bits per heavy atom. The van der Waals surface area contributed by atoms with Crippen molar-refractivity contribution in [2.75, 3.05) is 6.26 Å². The number of nitrogens with zero attached hydrogens (tertiary/aromatic N) is 1. The zero-order valence-electron chi connectivity index (χ0n) is 16.5. The summed E-state index contributed by atoms with van der Waals surface area (Å²) < 4.78 is 22.9. The molecule has 0 aliphatic rings. The predicted octanol–water partition coefficient (Wildman–Crippen LogP) is 4.45. The predicted molar refractivity (Wildman–Crippen MR) is 117 cm³/mol. The van der Waals surface area contributed by atoms with E-state index in [1.54, 1.807) is 13.0 Å². The van der Waals surface area contributed by atoms with Gasteiger partial charge in [-0.15, -0.1) is 0 Å². The molecule has 4 rings (SSSR count). The number of carboxylic acids is 1. The SMILES string of the molecule is Cc1nc2c(C(=O)O)cc(-c3ccc(-c4ccc(CS(C)(=O)=O)cc4)cc3)cc2[nH]1. The number of rotatable bonds is 5. The second kappa shape index (κ2) is 7.42. The van der Waals surface area contributed by atoms with Crippen LogP contribution in [0.1, 0.15) is 21.7 Å². The molecular weight excluding hydrogens is 400 g/mol. The number of fused-ring (bicyclic) bond motifs is 1. The van der Waals surface area contributed by atoms with Gasteiger partial charge in [0.15, 0.2) is 9.84 Å². The molecule has 0 unspecified atom stereocenters. The molecule has 1 heterocycles. The van der Waals surface area contributed by atoms with Crippen molar-refractivity contribution in [2.45, 2.75) is 12.7 Å². The van der Waals surface area contributed by atoms with E-state index in [1.165, 1.54) is 6.26 Å². The lowest BCUT2D eigenvalue weighted by molar-refractivity contribution is 0.0699. The molecule has 0 fully saturated rings. The molecular formula is C23H20N2O4S. The zero-order valence-corrected chi connectivity index (χ0v) is 17.3. The molecule has 152 valence electrons. The third-order valence-electron chi connectivity index (χ3n) is 4.87. The van der Waals surface area contributed by atoms with Gasteiger partial charge in [-0.25, -0.2) is 18.2 Å². The maximum Gasteiger partial charge on any atom is 0.337 e. The third kappa shape index (κ3) is 4.11. The van der Waals surface area contributed by atoms with Crippen LogP contribution in [-0.4, -0.2) is 35.7 Å². The molecule has 0 saturated heterocycles. The van der Waals surface area contributed by atoms with E-state index >= 15 is 0 Å². The van der Waals surface area contributed by atoms with E-state index in [2.05, 4.69) is 9.97 Å². The molecule has 0 radical (unpaired) electrons. The number of aromatic amines is 1. The van der Waals surface area contributed by atoms with E-state index in [4.69, 9.17) is 0 Å². The van der Waals surface area contributed by atoms with Crippen molar-refractivity contribution in [3.8, 4) is 22.3 Å². The highest BCUT2D eigenvalue weighted by Crippen LogP contribution is 2.29. The first kappa shape index (κ1) is 19.8. The van der Waals surface area contributed by atoms with Crippen molar-refractivity contribution in [3.63, 3.8) is 0 Å². The van der Waals surface area contributed by atoms with Crippen molar-refractivity contribution < 1.29 is 18.3 Å². The van der Waals surface area contributed by atoms with E-state index in [1.807, 2.05) is 54.6 Å². The standard InChI is InChI=1S/C23H20N2O4S/c1-14-24-21-12-19(11-20(23(26)27)22(21)25-14)18-9-7-17(8-10-18)16-5-3-15(4-6-16)13-30(2,28)29/h3-12H,13H2,1-2H3,(H,24,25)(H,26,27). The monoisotopic (exact) mass is 420 g/mol. The first-order valence-corrected chi connectivity index (χ1v) is 11.4. The topological polar surface area (TPSA) is 100 Å². The number of carbonyl (C=O) groups is 1. The van der Waals surface area contributed by atoms with Gasteiger partial charge in [-0.2, -0.15) is 0 Å². The molecule has 0 atom stereocenters. The van der Waals surface area contributed by atoms with Gasteiger partial charge in [0.1, 0.15) is 11.3 Å². The molecule has 0 aliphatic carbocycles. The number of hydrogen-bond donors (Lipinski definition) is 2. The Morgan fingerprint density at radius 1 is 0.933 bits per heavy atom. The van der Waals surface area contributed by atoms with Crippen LogP contribution in [0, 0.1) is 6.92 Å². The van der Waals surface area contributed by atoms with Crippen LogP contribution in [0.3, 0.4) is 0 Å². The van der Waals surface area contributed by atoms with Gasteiger partial charge in [-0.3, -0.25) is 0 Å². The summed E-state index contributed by atoms with van der Waals surface area (Å²) in [4.78, 5) is 19.1. The Bertz CT molecular complexity index is 1350. The number of carboxylic acid groups (broad SMARTS) is 1. The summed E-state index contributed by atoms with van der Waals surface area (Å²) in [6.07, 6.45) is 1.22. The molecule has 2 N–H and O–H groups in total. The number of aromatic carboxylic acids is 1. The van der Waals surface area contributed by atoms with E-state index < -0.39 is 15.8 Å². The number of nitrogens with one attached hydrogen (secondary N) is 1. The van der Waals surface area contributed by atoms with Gasteiger partial charge in [0, 0.05) is 6.26 Å². The summed E-state index contributed by atoms with van der Waals surface area (Å²) in [7, 11) is -3.06. The van der Waals surface area contributed by atoms with Crippen LogP contribution in [0.25, 0.3) is 33.3 Å². The zero-order chi connectivity index (χ0) is 21.5. The minimum atomic E-state index is -3.06. The Labute approximate surface area is 174 Å². The Kier molecular flexibility index (Phi) is 4.91. The molecule has 0 aliphatic heterocycles. The van der Waals surface area contributed by atoms with Crippen LogP contribution in [0.5, 0.6) is 0 Å². The first-order valence-electron chi connectivity index (χ1n) is 9.31. The summed E-state index contributed by atoms with van der Waals surface area (Å²) in [5.74, 6) is -0.327. The van der Waals surface area contributed by atoms with E-state index in [-0.39, 0.29) is 11.3 Å². The number of aromatic nitrogens is 2. The van der Waals surface area contributed by atoms with Crippen LogP contribution in [0.4, 0.5) is 0 Å². The summed E-state index contributed by atoms with van der Waals surface area (Å²) in [5.41, 5.74) is 5.70. The lowest BCUT2D eigenvalue weighted by Gasteiger charge is -2.08. The second-order valence-electron chi connectivity index (χ2n) is 7.39. The Balaban J connectivity index is 1.66. The van der Waals surface area contributed by atoms with Gasteiger partial charge in [0.2, 0.25) is 0 Å². The average molecular weight is 420 g/mol. The number of benzene rings is 3. The first-order chi connectivity index (χ1) is 14.2. The maximum atomic E-state index is 11.7. The lowest BCUT2D eigenvalue weighted by atomic mass is 9.98. The number of imidazole rings is 1. The largest absolute Gasteiger partial charge is 0.478 e. The molecule has 6 nitrogen and oxygen atoms in total. The molecule has 0 bridgehead atoms. The van der Waals surface area contributed by atoms with E-state index in [0.29, 0.717) is 16.9 Å². The third-order valence-corrected chi connectivity index (χ3v) is 5.73. The minimum Gasteiger partial charge on any atom is -0.478 e. The summed E-state index contributed by atoms with van der Waals surface area (Å²) in [6, 6.07) is 18.8. The quantitative estimate of drug-likeness (QED) is 0.497. The highest BCUT2D eigenvalue weighted by Gasteiger charge is 2.15. The van der Waals surface area contributed by atoms with Crippen molar-refractivity contribution in [1.82, 2.24) is 9.97 Å². The summed E-state index contributed by atoms with van der Waals surface area (Å²) in [5, 5.41) is 9.56. The highest BCUT2D eigenvalue weighted by atomic mass is 32.2. The fraction of sp³-hybridized carbons (Fsp3) is 0.130. The molecule has 3 aromatic carbocycles. The van der Waals surface area contributed by atoms with Crippen molar-refractivity contribution >= 4 is 26.8 Å². The molecule has 7 heteroatoms. The minimum absolute atomic E-state index is 0.0215. The van der Waals surface area contributed by atoms with Gasteiger partial charge in [-0.1, -0.05) is 48.5 Å².